The first-order valence-electron chi connectivity index (χ1n) is 6.43. The van der Waals surface area contributed by atoms with Gasteiger partial charge >= 0.3 is 0 Å². The number of nitro benzene ring substituents is 1. The summed E-state index contributed by atoms with van der Waals surface area (Å²) in [6.45, 7) is 4.56. The van der Waals surface area contributed by atoms with Crippen LogP contribution in [-0.2, 0) is 6.42 Å². The van der Waals surface area contributed by atoms with Crippen molar-refractivity contribution in [1.29, 1.82) is 0 Å². The van der Waals surface area contributed by atoms with Gasteiger partial charge in [0.15, 0.2) is 0 Å². The lowest BCUT2D eigenvalue weighted by atomic mass is 10.0. The Morgan fingerprint density at radius 2 is 2.30 bits per heavy atom. The van der Waals surface area contributed by atoms with Gasteiger partial charge in [0.2, 0.25) is 0 Å². The number of aromatic nitrogens is 1. The highest BCUT2D eigenvalue weighted by atomic mass is 32.1. The number of nitrogens with zero attached hydrogens (tertiary/aromatic N) is 2. The molecule has 106 valence electrons. The Morgan fingerprint density at radius 3 is 2.95 bits per heavy atom. The number of hydrogen-bond donors (Lipinski definition) is 1. The number of nitro groups is 1. The molecule has 20 heavy (non-hydrogen) atoms. The minimum absolute atomic E-state index is 0.0768. The van der Waals surface area contributed by atoms with Crippen LogP contribution in [-0.4, -0.2) is 16.5 Å². The first-order chi connectivity index (χ1) is 9.58. The van der Waals surface area contributed by atoms with E-state index in [1.54, 1.807) is 30.4 Å². The van der Waals surface area contributed by atoms with Gasteiger partial charge in [-0.15, -0.1) is 11.3 Å². The van der Waals surface area contributed by atoms with E-state index in [4.69, 9.17) is 0 Å². The summed E-state index contributed by atoms with van der Waals surface area (Å²) < 4.78 is 0. The predicted octanol–water partition coefficient (Wildman–Crippen LogP) is 3.25. The van der Waals surface area contributed by atoms with Crippen LogP contribution in [0.2, 0.25) is 0 Å². The van der Waals surface area contributed by atoms with Crippen LogP contribution < -0.4 is 5.32 Å². The van der Waals surface area contributed by atoms with Crippen LogP contribution in [0.25, 0.3) is 0 Å². The minimum atomic E-state index is -0.333. The molecular formula is C14H17N3O2S. The van der Waals surface area contributed by atoms with Crippen LogP contribution >= 0.6 is 11.3 Å². The van der Waals surface area contributed by atoms with Gasteiger partial charge < -0.3 is 5.32 Å². The van der Waals surface area contributed by atoms with Crippen molar-refractivity contribution in [1.82, 2.24) is 10.3 Å². The second-order valence-corrected chi connectivity index (χ2v) is 5.43. The van der Waals surface area contributed by atoms with Crippen molar-refractivity contribution in [3.63, 3.8) is 0 Å². The van der Waals surface area contributed by atoms with Crippen LogP contribution in [0.5, 0.6) is 0 Å². The highest BCUT2D eigenvalue weighted by Gasteiger charge is 2.14. The maximum atomic E-state index is 10.9. The molecule has 0 aliphatic heterocycles. The largest absolute Gasteiger partial charge is 0.310 e. The van der Waals surface area contributed by atoms with E-state index in [-0.39, 0.29) is 16.7 Å². The van der Waals surface area contributed by atoms with Gasteiger partial charge in [-0.25, -0.2) is 4.98 Å². The van der Waals surface area contributed by atoms with Gasteiger partial charge in [-0.3, -0.25) is 10.1 Å². The molecule has 0 saturated carbocycles. The zero-order chi connectivity index (χ0) is 14.5. The molecule has 1 aromatic heterocycles. The summed E-state index contributed by atoms with van der Waals surface area (Å²) in [7, 11) is 0. The van der Waals surface area contributed by atoms with Crippen molar-refractivity contribution in [2.75, 3.05) is 6.54 Å². The van der Waals surface area contributed by atoms with Gasteiger partial charge in [0.25, 0.3) is 5.69 Å². The van der Waals surface area contributed by atoms with Crippen LogP contribution in [0, 0.1) is 17.0 Å². The number of rotatable bonds is 6. The van der Waals surface area contributed by atoms with E-state index in [0.717, 1.165) is 24.2 Å². The Morgan fingerprint density at radius 1 is 1.50 bits per heavy atom. The molecule has 0 fully saturated rings. The monoisotopic (exact) mass is 291 g/mol. The van der Waals surface area contributed by atoms with Crippen LogP contribution in [0.3, 0.4) is 0 Å². The fourth-order valence-corrected chi connectivity index (χ4v) is 2.58. The molecule has 0 spiro atoms. The van der Waals surface area contributed by atoms with Crippen molar-refractivity contribution in [2.24, 2.45) is 0 Å². The molecule has 1 unspecified atom stereocenters. The first kappa shape index (κ1) is 14.6. The van der Waals surface area contributed by atoms with E-state index in [2.05, 4.69) is 10.3 Å². The van der Waals surface area contributed by atoms with E-state index < -0.39 is 0 Å². The normalized spacial score (nSPS) is 12.3. The Kier molecular flexibility index (Phi) is 4.81. The molecule has 0 radical (unpaired) electrons. The van der Waals surface area contributed by atoms with E-state index in [1.807, 2.05) is 23.9 Å². The van der Waals surface area contributed by atoms with E-state index in [0.29, 0.717) is 5.56 Å². The summed E-state index contributed by atoms with van der Waals surface area (Å²) in [6.07, 6.45) is 0.863. The average Bonchev–Trinajstić information content (AvgIpc) is 2.92. The number of benzene rings is 1. The molecule has 1 aromatic carbocycles. The summed E-state index contributed by atoms with van der Waals surface area (Å²) in [5, 5.41) is 16.3. The van der Waals surface area contributed by atoms with Crippen LogP contribution in [0.1, 0.15) is 29.8 Å². The van der Waals surface area contributed by atoms with Gasteiger partial charge in [-0.05, 0) is 19.4 Å². The van der Waals surface area contributed by atoms with Gasteiger partial charge in [0.05, 0.1) is 16.1 Å². The summed E-state index contributed by atoms with van der Waals surface area (Å²) in [4.78, 5) is 14.8. The molecule has 0 saturated heterocycles. The predicted molar refractivity (Wildman–Crippen MR) is 80.1 cm³/mol. The fraction of sp³-hybridized carbons (Fsp3) is 0.357. The van der Waals surface area contributed by atoms with Crippen LogP contribution in [0.15, 0.2) is 29.1 Å². The third-order valence-corrected chi connectivity index (χ3v) is 3.88. The maximum Gasteiger partial charge on any atom is 0.272 e. The molecule has 5 nitrogen and oxygen atoms in total. The lowest BCUT2D eigenvalue weighted by Crippen LogP contribution is -2.21. The fourth-order valence-electron chi connectivity index (χ4n) is 1.99. The van der Waals surface area contributed by atoms with Crippen molar-refractivity contribution in [2.45, 2.75) is 26.3 Å². The summed E-state index contributed by atoms with van der Waals surface area (Å²) in [5.74, 6) is 0. The molecule has 0 aliphatic rings. The summed E-state index contributed by atoms with van der Waals surface area (Å²) >= 11 is 1.59. The molecule has 0 bridgehead atoms. The molecular weight excluding hydrogens is 274 g/mol. The molecule has 0 aliphatic carbocycles. The number of aryl methyl sites for hydroxylation is 1. The third kappa shape index (κ3) is 3.61. The number of hydrogen-bond acceptors (Lipinski definition) is 5. The standard InChI is InChI=1S/C14H17N3O2S/c1-10-3-4-12(7-14(10)17(18)19)11(2)15-6-5-13-8-20-9-16-13/h3-4,7-9,11,15H,5-6H2,1-2H3. The summed E-state index contributed by atoms with van der Waals surface area (Å²) in [6, 6.07) is 5.46. The van der Waals surface area contributed by atoms with Crippen LogP contribution in [0.4, 0.5) is 5.69 Å². The Balaban J connectivity index is 1.96. The molecule has 1 atom stereocenters. The second kappa shape index (κ2) is 6.58. The highest BCUT2D eigenvalue weighted by molar-refractivity contribution is 7.07. The van der Waals surface area contributed by atoms with Gasteiger partial charge in [0, 0.05) is 36.0 Å². The molecule has 1 N–H and O–H groups in total. The highest BCUT2D eigenvalue weighted by Crippen LogP contribution is 2.23. The van der Waals surface area contributed by atoms with Crippen molar-refractivity contribution >= 4 is 17.0 Å². The second-order valence-electron chi connectivity index (χ2n) is 4.71. The quantitative estimate of drug-likeness (QED) is 0.655. The number of thiazole rings is 1. The zero-order valence-electron chi connectivity index (χ0n) is 11.5. The molecule has 1 heterocycles. The van der Waals surface area contributed by atoms with Crippen molar-refractivity contribution in [3.05, 3.63) is 56.0 Å². The first-order valence-corrected chi connectivity index (χ1v) is 7.37. The Bertz CT molecular complexity index is 584. The van der Waals surface area contributed by atoms with E-state index in [9.17, 15) is 10.1 Å². The SMILES string of the molecule is Cc1ccc(C(C)NCCc2cscn2)cc1[N+](=O)[O-]. The molecule has 0 amide bonds. The van der Waals surface area contributed by atoms with E-state index >= 15 is 0 Å². The molecule has 6 heteroatoms. The van der Waals surface area contributed by atoms with Gasteiger partial charge in [-0.2, -0.15) is 0 Å². The minimum Gasteiger partial charge on any atom is -0.310 e. The average molecular weight is 291 g/mol. The smallest absolute Gasteiger partial charge is 0.272 e. The third-order valence-electron chi connectivity index (χ3n) is 3.25. The van der Waals surface area contributed by atoms with Crippen molar-refractivity contribution < 1.29 is 4.92 Å². The number of nitrogens with one attached hydrogen (secondary N) is 1. The van der Waals surface area contributed by atoms with Gasteiger partial charge in [0.1, 0.15) is 0 Å². The zero-order valence-corrected chi connectivity index (χ0v) is 12.3. The molecule has 2 rings (SSSR count). The lowest BCUT2D eigenvalue weighted by Gasteiger charge is -2.14. The van der Waals surface area contributed by atoms with Gasteiger partial charge in [-0.1, -0.05) is 12.1 Å². The summed E-state index contributed by atoms with van der Waals surface area (Å²) in [5.41, 5.74) is 4.69. The van der Waals surface area contributed by atoms with E-state index in [1.165, 1.54) is 0 Å². The lowest BCUT2D eigenvalue weighted by molar-refractivity contribution is -0.385. The molecule has 2 aromatic rings. The Hall–Kier alpha value is -1.79. The maximum absolute atomic E-state index is 10.9. The Labute approximate surface area is 121 Å². The topological polar surface area (TPSA) is 68.1 Å². The van der Waals surface area contributed by atoms with Crippen molar-refractivity contribution in [3.8, 4) is 0 Å².